The fourth-order valence-electron chi connectivity index (χ4n) is 3.91. The van der Waals surface area contributed by atoms with E-state index in [1.54, 1.807) is 18.2 Å². The van der Waals surface area contributed by atoms with Crippen molar-refractivity contribution >= 4 is 40.1 Å². The summed E-state index contributed by atoms with van der Waals surface area (Å²) in [6, 6.07) is 15.7. The van der Waals surface area contributed by atoms with Crippen LogP contribution in [0, 0.1) is 0 Å². The highest BCUT2D eigenvalue weighted by atomic mass is 35.5. The summed E-state index contributed by atoms with van der Waals surface area (Å²) in [7, 11) is 1.30. The summed E-state index contributed by atoms with van der Waals surface area (Å²) in [6.07, 6.45) is 0. The number of aromatic amines is 1. The van der Waals surface area contributed by atoms with Crippen LogP contribution in [0.4, 0.5) is 5.69 Å². The van der Waals surface area contributed by atoms with E-state index in [2.05, 4.69) is 44.4 Å². The maximum absolute atomic E-state index is 12.8. The number of ether oxygens (including phenoxy) is 1. The topological polar surface area (TPSA) is 77.7 Å². The highest BCUT2D eigenvalue weighted by Gasteiger charge is 2.24. The van der Waals surface area contributed by atoms with Crippen molar-refractivity contribution in [2.24, 2.45) is 0 Å². The Morgan fingerprint density at radius 2 is 1.74 bits per heavy atom. The van der Waals surface area contributed by atoms with Gasteiger partial charge in [-0.25, -0.2) is 4.79 Å². The number of piperazine rings is 1. The summed E-state index contributed by atoms with van der Waals surface area (Å²) in [6.45, 7) is 4.56. The van der Waals surface area contributed by atoms with Gasteiger partial charge in [0.25, 0.3) is 0 Å². The SMILES string of the molecule is COC(=O)c1[nH]c2cccc(Cl)c2c1NC(=O)CN1CCN(Cc2ccccc2)CC1. The number of H-pyrrole nitrogens is 1. The summed E-state index contributed by atoms with van der Waals surface area (Å²) in [5.74, 6) is -0.750. The van der Waals surface area contributed by atoms with Crippen LogP contribution < -0.4 is 5.32 Å². The van der Waals surface area contributed by atoms with E-state index in [-0.39, 0.29) is 18.1 Å². The van der Waals surface area contributed by atoms with Crippen molar-refractivity contribution in [2.45, 2.75) is 6.54 Å². The molecule has 1 saturated heterocycles. The van der Waals surface area contributed by atoms with Crippen LogP contribution in [0.1, 0.15) is 16.1 Å². The molecule has 8 heteroatoms. The highest BCUT2D eigenvalue weighted by molar-refractivity contribution is 6.37. The van der Waals surface area contributed by atoms with E-state index in [1.165, 1.54) is 12.7 Å². The quantitative estimate of drug-likeness (QED) is 0.575. The standard InChI is InChI=1S/C23H25ClN4O3/c1-31-23(30)22-21(20-17(24)8-5-9-18(20)25-22)26-19(29)15-28-12-10-27(11-13-28)14-16-6-3-2-4-7-16/h2-9,25H,10-15H2,1H3,(H,26,29). The number of hydrogen-bond acceptors (Lipinski definition) is 5. The van der Waals surface area contributed by atoms with E-state index in [4.69, 9.17) is 16.3 Å². The number of methoxy groups -OCH3 is 1. The number of carbonyl (C=O) groups excluding carboxylic acids is 2. The minimum absolute atomic E-state index is 0.187. The van der Waals surface area contributed by atoms with E-state index in [0.717, 1.165) is 32.7 Å². The van der Waals surface area contributed by atoms with E-state index in [9.17, 15) is 9.59 Å². The number of esters is 1. The zero-order chi connectivity index (χ0) is 21.8. The van der Waals surface area contributed by atoms with Crippen molar-refractivity contribution in [1.82, 2.24) is 14.8 Å². The lowest BCUT2D eigenvalue weighted by Gasteiger charge is -2.34. The van der Waals surface area contributed by atoms with Crippen molar-refractivity contribution in [3.05, 3.63) is 64.8 Å². The largest absolute Gasteiger partial charge is 0.464 e. The molecule has 1 aromatic heterocycles. The Labute approximate surface area is 185 Å². The van der Waals surface area contributed by atoms with Gasteiger partial charge < -0.3 is 15.0 Å². The molecular weight excluding hydrogens is 416 g/mol. The van der Waals surface area contributed by atoms with Crippen molar-refractivity contribution < 1.29 is 14.3 Å². The van der Waals surface area contributed by atoms with Crippen LogP contribution >= 0.6 is 11.6 Å². The molecule has 162 valence electrons. The highest BCUT2D eigenvalue weighted by Crippen LogP contribution is 2.34. The molecule has 2 heterocycles. The molecule has 1 aliphatic heterocycles. The van der Waals surface area contributed by atoms with Crippen molar-refractivity contribution in [2.75, 3.05) is 45.2 Å². The third-order valence-corrected chi connectivity index (χ3v) is 5.82. The number of anilines is 1. The third-order valence-electron chi connectivity index (χ3n) is 5.51. The van der Waals surface area contributed by atoms with Crippen LogP contribution in [0.5, 0.6) is 0 Å². The van der Waals surface area contributed by atoms with Gasteiger partial charge in [0.15, 0.2) is 0 Å². The molecule has 31 heavy (non-hydrogen) atoms. The summed E-state index contributed by atoms with van der Waals surface area (Å²) < 4.78 is 4.86. The second-order valence-corrected chi connectivity index (χ2v) is 8.02. The van der Waals surface area contributed by atoms with E-state index < -0.39 is 5.97 Å². The first-order valence-corrected chi connectivity index (χ1v) is 10.6. The summed E-state index contributed by atoms with van der Waals surface area (Å²) in [4.78, 5) is 32.5. The smallest absolute Gasteiger partial charge is 0.356 e. The van der Waals surface area contributed by atoms with E-state index >= 15 is 0 Å². The molecular formula is C23H25ClN4O3. The molecule has 2 aromatic carbocycles. The summed E-state index contributed by atoms with van der Waals surface area (Å²) in [5.41, 5.74) is 2.50. The number of fused-ring (bicyclic) bond motifs is 1. The Balaban J connectivity index is 1.39. The molecule has 0 aliphatic carbocycles. The molecule has 0 unspecified atom stereocenters. The van der Waals surface area contributed by atoms with Gasteiger partial charge in [-0.3, -0.25) is 14.6 Å². The molecule has 2 N–H and O–H groups in total. The molecule has 0 bridgehead atoms. The van der Waals surface area contributed by atoms with Crippen LogP contribution in [-0.2, 0) is 16.1 Å². The number of halogens is 1. The van der Waals surface area contributed by atoms with Crippen molar-refractivity contribution in [3.8, 4) is 0 Å². The van der Waals surface area contributed by atoms with Gasteiger partial charge >= 0.3 is 5.97 Å². The Morgan fingerprint density at radius 3 is 2.45 bits per heavy atom. The number of rotatable bonds is 6. The molecule has 4 rings (SSSR count). The van der Waals surface area contributed by atoms with Crippen LogP contribution in [0.15, 0.2) is 48.5 Å². The lowest BCUT2D eigenvalue weighted by Crippen LogP contribution is -2.48. The lowest BCUT2D eigenvalue weighted by atomic mass is 10.2. The predicted molar refractivity (Wildman–Crippen MR) is 121 cm³/mol. The molecule has 3 aromatic rings. The number of benzene rings is 2. The first kappa shape index (κ1) is 21.4. The Morgan fingerprint density at radius 1 is 1.03 bits per heavy atom. The first-order valence-electron chi connectivity index (χ1n) is 10.2. The Bertz CT molecular complexity index is 1080. The fourth-order valence-corrected chi connectivity index (χ4v) is 4.18. The maximum Gasteiger partial charge on any atom is 0.356 e. The normalized spacial score (nSPS) is 15.2. The number of amides is 1. The summed E-state index contributed by atoms with van der Waals surface area (Å²) >= 11 is 6.34. The zero-order valence-corrected chi connectivity index (χ0v) is 18.1. The van der Waals surface area contributed by atoms with Gasteiger partial charge in [-0.15, -0.1) is 0 Å². The fraction of sp³-hybridized carbons (Fsp3) is 0.304. The van der Waals surface area contributed by atoms with Gasteiger partial charge in [0.05, 0.1) is 24.4 Å². The minimum Gasteiger partial charge on any atom is -0.464 e. The Hall–Kier alpha value is -2.87. The zero-order valence-electron chi connectivity index (χ0n) is 17.4. The van der Waals surface area contributed by atoms with E-state index in [0.29, 0.717) is 21.6 Å². The number of aromatic nitrogens is 1. The Kier molecular flexibility index (Phi) is 6.56. The molecule has 0 spiro atoms. The lowest BCUT2D eigenvalue weighted by molar-refractivity contribution is -0.117. The van der Waals surface area contributed by atoms with Crippen LogP contribution in [0.2, 0.25) is 5.02 Å². The second kappa shape index (κ2) is 9.51. The van der Waals surface area contributed by atoms with Gasteiger partial charge in [0, 0.05) is 43.6 Å². The minimum atomic E-state index is -0.558. The molecule has 1 aliphatic rings. The van der Waals surface area contributed by atoms with Crippen molar-refractivity contribution in [3.63, 3.8) is 0 Å². The average Bonchev–Trinajstić information content (AvgIpc) is 3.15. The molecule has 7 nitrogen and oxygen atoms in total. The summed E-state index contributed by atoms with van der Waals surface area (Å²) in [5, 5.41) is 3.93. The predicted octanol–water partition coefficient (Wildman–Crippen LogP) is 3.36. The number of hydrogen-bond donors (Lipinski definition) is 2. The van der Waals surface area contributed by atoms with Gasteiger partial charge in [0.2, 0.25) is 5.91 Å². The molecule has 1 amide bonds. The van der Waals surface area contributed by atoms with Crippen LogP contribution in [-0.4, -0.2) is 66.5 Å². The second-order valence-electron chi connectivity index (χ2n) is 7.62. The third kappa shape index (κ3) is 4.90. The van der Waals surface area contributed by atoms with E-state index in [1.807, 2.05) is 6.07 Å². The molecule has 0 saturated carbocycles. The number of nitrogens with one attached hydrogen (secondary N) is 2. The van der Waals surface area contributed by atoms with Gasteiger partial charge in [0.1, 0.15) is 5.69 Å². The average molecular weight is 441 g/mol. The van der Waals surface area contributed by atoms with Crippen molar-refractivity contribution in [1.29, 1.82) is 0 Å². The first-order chi connectivity index (χ1) is 15.0. The van der Waals surface area contributed by atoms with Gasteiger partial charge in [-0.1, -0.05) is 48.0 Å². The molecule has 0 radical (unpaired) electrons. The van der Waals surface area contributed by atoms with Gasteiger partial charge in [-0.05, 0) is 17.7 Å². The number of carbonyl (C=O) groups is 2. The van der Waals surface area contributed by atoms with Crippen LogP contribution in [0.3, 0.4) is 0 Å². The van der Waals surface area contributed by atoms with Gasteiger partial charge in [-0.2, -0.15) is 0 Å². The van der Waals surface area contributed by atoms with Crippen LogP contribution in [0.25, 0.3) is 10.9 Å². The monoisotopic (exact) mass is 440 g/mol. The number of nitrogens with zero attached hydrogens (tertiary/aromatic N) is 2. The maximum atomic E-state index is 12.8. The molecule has 0 atom stereocenters. The molecule has 1 fully saturated rings.